The van der Waals surface area contributed by atoms with Crippen LogP contribution in [0.1, 0.15) is 37.3 Å². The van der Waals surface area contributed by atoms with Crippen molar-refractivity contribution in [1.29, 1.82) is 0 Å². The van der Waals surface area contributed by atoms with Crippen molar-refractivity contribution in [3.8, 4) is 0 Å². The van der Waals surface area contributed by atoms with Gasteiger partial charge in [-0.3, -0.25) is 4.99 Å². The van der Waals surface area contributed by atoms with Gasteiger partial charge in [0.15, 0.2) is 5.96 Å². The number of guanidine groups is 1. The molecule has 1 aromatic carbocycles. The van der Waals surface area contributed by atoms with Gasteiger partial charge in [0.05, 0.1) is 19.3 Å². The molecule has 1 aromatic rings. The maximum atomic E-state index is 5.96. The van der Waals surface area contributed by atoms with Gasteiger partial charge in [0.1, 0.15) is 6.10 Å². The van der Waals surface area contributed by atoms with Crippen molar-refractivity contribution in [3.63, 3.8) is 0 Å². The van der Waals surface area contributed by atoms with Gasteiger partial charge >= 0.3 is 0 Å². The van der Waals surface area contributed by atoms with Gasteiger partial charge in [0, 0.05) is 39.9 Å². The summed E-state index contributed by atoms with van der Waals surface area (Å²) in [4.78, 5) is 6.78. The molecule has 0 aromatic heterocycles. The zero-order chi connectivity index (χ0) is 18.9. The van der Waals surface area contributed by atoms with E-state index in [2.05, 4.69) is 46.4 Å². The molecule has 150 valence electrons. The van der Waals surface area contributed by atoms with Gasteiger partial charge in [-0.25, -0.2) is 0 Å². The first-order chi connectivity index (χ1) is 13.3. The quantitative estimate of drug-likeness (QED) is 0.451. The maximum Gasteiger partial charge on any atom is 0.194 e. The van der Waals surface area contributed by atoms with Crippen LogP contribution in [0.5, 0.6) is 0 Å². The Bertz CT molecular complexity index is 602. The number of morpholine rings is 1. The predicted molar refractivity (Wildman–Crippen MR) is 107 cm³/mol. The molecular formula is C21H33N3O3. The van der Waals surface area contributed by atoms with Crippen LogP contribution < -0.4 is 5.32 Å². The summed E-state index contributed by atoms with van der Waals surface area (Å²) in [5.41, 5.74) is 2.48. The first-order valence-electron chi connectivity index (χ1n) is 10.1. The van der Waals surface area contributed by atoms with E-state index in [0.29, 0.717) is 13.2 Å². The molecule has 3 rings (SSSR count). The fraction of sp³-hybridized carbons (Fsp3) is 0.667. The molecule has 6 nitrogen and oxygen atoms in total. The molecule has 2 aliphatic rings. The average molecular weight is 376 g/mol. The highest BCUT2D eigenvalue weighted by Crippen LogP contribution is 2.21. The lowest BCUT2D eigenvalue weighted by molar-refractivity contribution is -0.0817. The minimum atomic E-state index is 0.134. The third-order valence-corrected chi connectivity index (χ3v) is 5.15. The lowest BCUT2D eigenvalue weighted by atomic mass is 10.1. The lowest BCUT2D eigenvalue weighted by Gasteiger charge is -2.37. The summed E-state index contributed by atoms with van der Waals surface area (Å²) < 4.78 is 17.5. The molecule has 2 aliphatic heterocycles. The fourth-order valence-electron chi connectivity index (χ4n) is 3.69. The maximum absolute atomic E-state index is 5.96. The molecule has 0 saturated carbocycles. The summed E-state index contributed by atoms with van der Waals surface area (Å²) in [6, 6.07) is 8.43. The monoisotopic (exact) mass is 375 g/mol. The summed E-state index contributed by atoms with van der Waals surface area (Å²) >= 11 is 0. The lowest BCUT2D eigenvalue weighted by Crippen LogP contribution is -2.53. The second kappa shape index (κ2) is 10.6. The van der Waals surface area contributed by atoms with Gasteiger partial charge in [-0.2, -0.15) is 0 Å². The Labute approximate surface area is 162 Å². The molecule has 0 spiro atoms. The van der Waals surface area contributed by atoms with E-state index in [-0.39, 0.29) is 12.2 Å². The van der Waals surface area contributed by atoms with Crippen LogP contribution in [0.4, 0.5) is 0 Å². The Morgan fingerprint density at radius 3 is 2.78 bits per heavy atom. The van der Waals surface area contributed by atoms with Crippen molar-refractivity contribution in [2.75, 3.05) is 40.0 Å². The highest BCUT2D eigenvalue weighted by molar-refractivity contribution is 5.80. The number of hydrogen-bond acceptors (Lipinski definition) is 4. The standard InChI is InChI=1S/C21H33N3O3/c1-3-11-25-16-18-8-5-4-7-17(18)14-23-21(22-2)24-10-13-27-20(15-24)19-9-6-12-26-19/h4-5,7-8,19-20H,3,6,9-16H2,1-2H3,(H,22,23). The highest BCUT2D eigenvalue weighted by Gasteiger charge is 2.32. The normalized spacial score (nSPS) is 23.6. The molecule has 0 radical (unpaired) electrons. The van der Waals surface area contributed by atoms with E-state index in [1.807, 2.05) is 7.05 Å². The van der Waals surface area contributed by atoms with E-state index < -0.39 is 0 Å². The van der Waals surface area contributed by atoms with Gasteiger partial charge in [0.2, 0.25) is 0 Å². The third-order valence-electron chi connectivity index (χ3n) is 5.15. The molecule has 27 heavy (non-hydrogen) atoms. The zero-order valence-corrected chi connectivity index (χ0v) is 16.7. The van der Waals surface area contributed by atoms with E-state index in [4.69, 9.17) is 14.2 Å². The van der Waals surface area contributed by atoms with E-state index in [1.165, 1.54) is 11.1 Å². The summed E-state index contributed by atoms with van der Waals surface area (Å²) in [6.45, 7) is 7.56. The number of aliphatic imine (C=N–C) groups is 1. The highest BCUT2D eigenvalue weighted by atomic mass is 16.5. The third kappa shape index (κ3) is 5.67. The molecule has 2 atom stereocenters. The fourth-order valence-corrected chi connectivity index (χ4v) is 3.69. The van der Waals surface area contributed by atoms with Crippen molar-refractivity contribution in [2.45, 2.75) is 51.5 Å². The Morgan fingerprint density at radius 1 is 1.22 bits per heavy atom. The second-order valence-corrected chi connectivity index (χ2v) is 7.13. The summed E-state index contributed by atoms with van der Waals surface area (Å²) in [6.07, 6.45) is 3.62. The summed E-state index contributed by atoms with van der Waals surface area (Å²) in [5.74, 6) is 0.922. The van der Waals surface area contributed by atoms with Gasteiger partial charge in [-0.15, -0.1) is 0 Å². The van der Waals surface area contributed by atoms with Gasteiger partial charge in [0.25, 0.3) is 0 Å². The number of hydrogen-bond donors (Lipinski definition) is 1. The molecule has 0 amide bonds. The molecule has 2 saturated heterocycles. The van der Waals surface area contributed by atoms with Crippen molar-refractivity contribution in [2.24, 2.45) is 4.99 Å². The Morgan fingerprint density at radius 2 is 2.04 bits per heavy atom. The largest absolute Gasteiger partial charge is 0.377 e. The predicted octanol–water partition coefficient (Wildman–Crippen LogP) is 2.57. The van der Waals surface area contributed by atoms with Gasteiger partial charge < -0.3 is 24.4 Å². The van der Waals surface area contributed by atoms with Crippen LogP contribution in [0.25, 0.3) is 0 Å². The van der Waals surface area contributed by atoms with Crippen LogP contribution in [0.2, 0.25) is 0 Å². The van der Waals surface area contributed by atoms with E-state index in [9.17, 15) is 0 Å². The van der Waals surface area contributed by atoms with Crippen molar-refractivity contribution >= 4 is 5.96 Å². The summed E-state index contributed by atoms with van der Waals surface area (Å²) in [5, 5.41) is 3.52. The average Bonchev–Trinajstić information content (AvgIpc) is 3.25. The van der Waals surface area contributed by atoms with Crippen LogP contribution in [0.3, 0.4) is 0 Å². The van der Waals surface area contributed by atoms with Crippen molar-refractivity contribution < 1.29 is 14.2 Å². The Balaban J connectivity index is 1.56. The topological polar surface area (TPSA) is 55.3 Å². The Hall–Kier alpha value is -1.63. The van der Waals surface area contributed by atoms with Gasteiger partial charge in [-0.05, 0) is 30.4 Å². The minimum absolute atomic E-state index is 0.134. The van der Waals surface area contributed by atoms with Crippen LogP contribution in [0, 0.1) is 0 Å². The van der Waals surface area contributed by atoms with E-state index in [1.54, 1.807) is 0 Å². The van der Waals surface area contributed by atoms with Gasteiger partial charge in [-0.1, -0.05) is 31.2 Å². The first kappa shape index (κ1) is 20.1. The number of nitrogens with one attached hydrogen (secondary N) is 1. The van der Waals surface area contributed by atoms with E-state index in [0.717, 1.165) is 58.1 Å². The Kier molecular flexibility index (Phi) is 7.93. The minimum Gasteiger partial charge on any atom is -0.377 e. The molecule has 2 heterocycles. The summed E-state index contributed by atoms with van der Waals surface area (Å²) in [7, 11) is 1.84. The molecule has 2 unspecified atom stereocenters. The number of rotatable bonds is 7. The van der Waals surface area contributed by atoms with Crippen LogP contribution in [-0.4, -0.2) is 63.0 Å². The number of benzene rings is 1. The first-order valence-corrected chi connectivity index (χ1v) is 10.1. The molecule has 1 N–H and O–H groups in total. The van der Waals surface area contributed by atoms with Crippen LogP contribution in [-0.2, 0) is 27.4 Å². The zero-order valence-electron chi connectivity index (χ0n) is 16.7. The van der Waals surface area contributed by atoms with Crippen LogP contribution in [0.15, 0.2) is 29.3 Å². The van der Waals surface area contributed by atoms with Crippen molar-refractivity contribution in [1.82, 2.24) is 10.2 Å². The van der Waals surface area contributed by atoms with Crippen molar-refractivity contribution in [3.05, 3.63) is 35.4 Å². The molecule has 0 bridgehead atoms. The molecular weight excluding hydrogens is 342 g/mol. The molecule has 6 heteroatoms. The molecule has 2 fully saturated rings. The molecule has 0 aliphatic carbocycles. The van der Waals surface area contributed by atoms with Crippen LogP contribution >= 0.6 is 0 Å². The number of ether oxygens (including phenoxy) is 3. The number of nitrogens with zero attached hydrogens (tertiary/aromatic N) is 2. The SMILES string of the molecule is CCCOCc1ccccc1CNC(=NC)N1CCOC(C2CCCO2)C1. The van der Waals surface area contributed by atoms with E-state index >= 15 is 0 Å². The smallest absolute Gasteiger partial charge is 0.194 e. The second-order valence-electron chi connectivity index (χ2n) is 7.13.